The number of rotatable bonds is 5. The number of hydrogen-bond acceptors (Lipinski definition) is 5. The number of piperidine rings is 1. The first-order chi connectivity index (χ1) is 14.8. The molecule has 2 heterocycles. The SMILES string of the molecule is C=Cc1nc(C)n(C2CCC(=O)NC2=O)c(=O)c1/C(=C\C)NC(=O)c1cccc(Cl)c1. The van der Waals surface area contributed by atoms with Gasteiger partial charge in [-0.2, -0.15) is 0 Å². The Morgan fingerprint density at radius 3 is 2.71 bits per heavy atom. The highest BCUT2D eigenvalue weighted by Gasteiger charge is 2.31. The molecule has 1 aliphatic heterocycles. The van der Waals surface area contributed by atoms with Crippen molar-refractivity contribution in [3.63, 3.8) is 0 Å². The average molecular weight is 441 g/mol. The van der Waals surface area contributed by atoms with Gasteiger partial charge in [0.2, 0.25) is 11.8 Å². The summed E-state index contributed by atoms with van der Waals surface area (Å²) >= 11 is 5.96. The summed E-state index contributed by atoms with van der Waals surface area (Å²) < 4.78 is 1.25. The average Bonchev–Trinajstić information content (AvgIpc) is 2.73. The molecule has 0 aliphatic carbocycles. The number of nitrogens with zero attached hydrogens (tertiary/aromatic N) is 2. The molecule has 2 aromatic rings. The number of halogens is 1. The molecule has 31 heavy (non-hydrogen) atoms. The van der Waals surface area contributed by atoms with Gasteiger partial charge in [-0.1, -0.05) is 30.3 Å². The van der Waals surface area contributed by atoms with E-state index in [2.05, 4.69) is 22.2 Å². The second-order valence-corrected chi connectivity index (χ2v) is 7.37. The Morgan fingerprint density at radius 2 is 2.10 bits per heavy atom. The molecule has 0 bridgehead atoms. The van der Waals surface area contributed by atoms with Crippen LogP contribution in [0.5, 0.6) is 0 Å². The van der Waals surface area contributed by atoms with Crippen molar-refractivity contribution in [3.8, 4) is 0 Å². The number of benzene rings is 1. The fourth-order valence-electron chi connectivity index (χ4n) is 3.46. The van der Waals surface area contributed by atoms with E-state index in [0.717, 1.165) is 0 Å². The summed E-state index contributed by atoms with van der Waals surface area (Å²) in [5.74, 6) is -1.11. The molecule has 1 aromatic heterocycles. The van der Waals surface area contributed by atoms with Crippen LogP contribution in [0.4, 0.5) is 0 Å². The minimum absolute atomic E-state index is 0.100. The zero-order valence-electron chi connectivity index (χ0n) is 17.1. The Balaban J connectivity index is 2.07. The van der Waals surface area contributed by atoms with Crippen molar-refractivity contribution in [1.82, 2.24) is 20.2 Å². The molecular weight excluding hydrogens is 420 g/mol. The van der Waals surface area contributed by atoms with Crippen LogP contribution in [0.1, 0.15) is 53.2 Å². The first-order valence-corrected chi connectivity index (χ1v) is 9.97. The minimum atomic E-state index is -0.878. The molecular formula is C22H21ClN4O4. The highest BCUT2D eigenvalue weighted by molar-refractivity contribution is 6.31. The molecule has 9 heteroatoms. The number of nitrogens with one attached hydrogen (secondary N) is 2. The van der Waals surface area contributed by atoms with Crippen molar-refractivity contribution >= 4 is 41.1 Å². The molecule has 1 unspecified atom stereocenters. The van der Waals surface area contributed by atoms with Gasteiger partial charge in [0.15, 0.2) is 0 Å². The quantitative estimate of drug-likeness (QED) is 0.694. The number of imide groups is 1. The van der Waals surface area contributed by atoms with Gasteiger partial charge in [-0.25, -0.2) is 4.98 Å². The Kier molecular flexibility index (Phi) is 6.50. The second-order valence-electron chi connectivity index (χ2n) is 6.93. The van der Waals surface area contributed by atoms with Gasteiger partial charge in [-0.05, 0) is 44.5 Å². The van der Waals surface area contributed by atoms with Crippen molar-refractivity contribution in [2.45, 2.75) is 32.7 Å². The van der Waals surface area contributed by atoms with Gasteiger partial charge in [0.05, 0.1) is 17.0 Å². The molecule has 2 N–H and O–H groups in total. The van der Waals surface area contributed by atoms with E-state index in [4.69, 9.17) is 11.6 Å². The molecule has 0 radical (unpaired) electrons. The molecule has 1 saturated heterocycles. The van der Waals surface area contributed by atoms with E-state index in [-0.39, 0.29) is 35.7 Å². The monoisotopic (exact) mass is 440 g/mol. The minimum Gasteiger partial charge on any atom is -0.321 e. The fourth-order valence-corrected chi connectivity index (χ4v) is 3.65. The molecule has 1 aliphatic rings. The molecule has 8 nitrogen and oxygen atoms in total. The van der Waals surface area contributed by atoms with Gasteiger partial charge >= 0.3 is 0 Å². The number of carbonyl (C=O) groups is 3. The molecule has 1 fully saturated rings. The molecule has 160 valence electrons. The van der Waals surface area contributed by atoms with E-state index in [1.165, 1.54) is 16.7 Å². The molecule has 0 saturated carbocycles. The predicted octanol–water partition coefficient (Wildman–Crippen LogP) is 2.62. The first-order valence-electron chi connectivity index (χ1n) is 9.59. The third-order valence-electron chi connectivity index (χ3n) is 4.93. The molecule has 1 atom stereocenters. The zero-order valence-corrected chi connectivity index (χ0v) is 17.8. The lowest BCUT2D eigenvalue weighted by Gasteiger charge is -2.25. The Hall–Kier alpha value is -3.52. The van der Waals surface area contributed by atoms with Gasteiger partial charge in [-0.15, -0.1) is 0 Å². The third-order valence-corrected chi connectivity index (χ3v) is 5.16. The smallest absolute Gasteiger partial charge is 0.264 e. The van der Waals surface area contributed by atoms with Crippen LogP contribution in [0, 0.1) is 6.92 Å². The second kappa shape index (κ2) is 9.09. The maximum absolute atomic E-state index is 13.5. The van der Waals surface area contributed by atoms with Gasteiger partial charge < -0.3 is 5.32 Å². The summed E-state index contributed by atoms with van der Waals surface area (Å²) in [5, 5.41) is 5.37. The summed E-state index contributed by atoms with van der Waals surface area (Å²) in [5.41, 5.74) is 0.390. The number of carbonyl (C=O) groups excluding carboxylic acids is 3. The van der Waals surface area contributed by atoms with Crippen LogP contribution < -0.4 is 16.2 Å². The van der Waals surface area contributed by atoms with Crippen LogP contribution in [0.3, 0.4) is 0 Å². The van der Waals surface area contributed by atoms with E-state index < -0.39 is 23.4 Å². The Labute approximate surface area is 183 Å². The number of hydrogen-bond donors (Lipinski definition) is 2. The van der Waals surface area contributed by atoms with Gasteiger partial charge in [0.1, 0.15) is 11.9 Å². The molecule has 3 rings (SSSR count). The topological polar surface area (TPSA) is 110 Å². The van der Waals surface area contributed by atoms with Crippen LogP contribution >= 0.6 is 11.6 Å². The van der Waals surface area contributed by atoms with Gasteiger partial charge in [0, 0.05) is 17.0 Å². The lowest BCUT2D eigenvalue weighted by atomic mass is 10.0. The van der Waals surface area contributed by atoms with Crippen LogP contribution in [0.15, 0.2) is 41.7 Å². The van der Waals surface area contributed by atoms with E-state index >= 15 is 0 Å². The third kappa shape index (κ3) is 4.49. The molecule has 0 spiro atoms. The highest BCUT2D eigenvalue weighted by atomic mass is 35.5. The van der Waals surface area contributed by atoms with E-state index in [1.54, 1.807) is 38.1 Å². The standard InChI is InChI=1S/C22H21ClN4O4/c1-4-15-19(16(5-2)25-20(29)13-7-6-8-14(23)11-13)22(31)27(12(3)24-15)17-9-10-18(28)26-21(17)30/h4-8,11,17H,1,9-10H2,2-3H3,(H,25,29)(H,26,28,30)/b16-5+. The summed E-state index contributed by atoms with van der Waals surface area (Å²) in [7, 11) is 0. The summed E-state index contributed by atoms with van der Waals surface area (Å²) in [6.45, 7) is 6.98. The summed E-state index contributed by atoms with van der Waals surface area (Å²) in [4.78, 5) is 54.5. The number of amides is 3. The van der Waals surface area contributed by atoms with Crippen molar-refractivity contribution in [2.24, 2.45) is 0 Å². The maximum Gasteiger partial charge on any atom is 0.264 e. The maximum atomic E-state index is 13.5. The zero-order chi connectivity index (χ0) is 22.7. The van der Waals surface area contributed by atoms with Crippen LogP contribution in [-0.4, -0.2) is 27.3 Å². The predicted molar refractivity (Wildman–Crippen MR) is 117 cm³/mol. The van der Waals surface area contributed by atoms with Crippen molar-refractivity contribution in [3.05, 3.63) is 74.9 Å². The van der Waals surface area contributed by atoms with Crippen LogP contribution in [0.25, 0.3) is 11.8 Å². The number of aromatic nitrogens is 2. The van der Waals surface area contributed by atoms with Crippen molar-refractivity contribution in [1.29, 1.82) is 0 Å². The van der Waals surface area contributed by atoms with Crippen LogP contribution in [-0.2, 0) is 9.59 Å². The van der Waals surface area contributed by atoms with E-state index in [1.807, 2.05) is 0 Å². The largest absolute Gasteiger partial charge is 0.321 e. The normalized spacial score (nSPS) is 16.6. The number of aryl methyl sites for hydroxylation is 1. The van der Waals surface area contributed by atoms with Gasteiger partial charge in [0.25, 0.3) is 11.5 Å². The van der Waals surface area contributed by atoms with Gasteiger partial charge in [-0.3, -0.25) is 29.1 Å². The Bertz CT molecular complexity index is 1180. The molecule has 1 aromatic carbocycles. The first kappa shape index (κ1) is 22.2. The summed E-state index contributed by atoms with van der Waals surface area (Å²) in [6.07, 6.45) is 3.27. The lowest BCUT2D eigenvalue weighted by Crippen LogP contribution is -2.46. The Morgan fingerprint density at radius 1 is 1.35 bits per heavy atom. The van der Waals surface area contributed by atoms with Crippen molar-refractivity contribution < 1.29 is 14.4 Å². The fraction of sp³-hybridized carbons (Fsp3) is 0.227. The van der Waals surface area contributed by atoms with Crippen molar-refractivity contribution in [2.75, 3.05) is 0 Å². The highest BCUT2D eigenvalue weighted by Crippen LogP contribution is 2.21. The molecule has 3 amide bonds. The lowest BCUT2D eigenvalue weighted by molar-refractivity contribution is -0.135. The van der Waals surface area contributed by atoms with E-state index in [9.17, 15) is 19.2 Å². The summed E-state index contributed by atoms with van der Waals surface area (Å²) in [6, 6.07) is 5.52. The number of allylic oxidation sites excluding steroid dienone is 1. The van der Waals surface area contributed by atoms with Crippen LogP contribution in [0.2, 0.25) is 5.02 Å². The van der Waals surface area contributed by atoms with E-state index in [0.29, 0.717) is 16.4 Å².